The van der Waals surface area contributed by atoms with E-state index in [1.807, 2.05) is 13.0 Å². The number of hydrogen-bond acceptors (Lipinski definition) is 3. The molecule has 0 saturated heterocycles. The topological polar surface area (TPSA) is 102 Å². The number of unbranched alkanes of at least 4 members (excludes halogenated alkanes) is 1. The Balaban J connectivity index is 2.68. The highest BCUT2D eigenvalue weighted by atomic mass is 35.5. The van der Waals surface area contributed by atoms with E-state index >= 15 is 0 Å². The van der Waals surface area contributed by atoms with E-state index in [2.05, 4.69) is 10.6 Å². The van der Waals surface area contributed by atoms with Gasteiger partial charge in [-0.15, -0.1) is 0 Å². The van der Waals surface area contributed by atoms with Crippen LogP contribution in [0.15, 0.2) is 18.2 Å². The number of nitrogens with one attached hydrogen (secondary N) is 2. The molecule has 7 heteroatoms. The number of urea groups is 1. The molecule has 112 valence electrons. The van der Waals surface area contributed by atoms with Crippen molar-refractivity contribution >= 4 is 29.3 Å². The number of carbonyl (C=O) groups is 2. The number of carboxylic acid groups (broad SMARTS) is 1. The molecule has 0 aliphatic rings. The van der Waals surface area contributed by atoms with Gasteiger partial charge in [0, 0.05) is 0 Å². The largest absolute Gasteiger partial charge is 0.480 e. The van der Waals surface area contributed by atoms with Crippen molar-refractivity contribution in [1.82, 2.24) is 5.32 Å². The maximum atomic E-state index is 11.8. The van der Waals surface area contributed by atoms with Gasteiger partial charge in [-0.25, -0.2) is 9.59 Å². The van der Waals surface area contributed by atoms with Crippen LogP contribution in [0.5, 0.6) is 0 Å². The average Bonchev–Trinajstić information content (AvgIpc) is 2.45. The van der Waals surface area contributed by atoms with Crippen LogP contribution in [0.1, 0.15) is 31.7 Å². The van der Waals surface area contributed by atoms with Gasteiger partial charge in [-0.05, 0) is 24.6 Å². The standard InChI is InChI=1S/C14H16ClN3O3/c1-2-3-4-12(13(19)20)18-14(21)17-11-6-5-9(8-16)7-10(11)15/h5-7,12H,2-4H2,1H3,(H,19,20)(H2,17,18,21). The molecule has 6 nitrogen and oxygen atoms in total. The van der Waals surface area contributed by atoms with Gasteiger partial charge in [-0.1, -0.05) is 31.4 Å². The second-order valence-corrected chi connectivity index (χ2v) is 4.85. The van der Waals surface area contributed by atoms with Crippen molar-refractivity contribution in [2.75, 3.05) is 5.32 Å². The van der Waals surface area contributed by atoms with Crippen molar-refractivity contribution in [3.8, 4) is 6.07 Å². The third kappa shape index (κ3) is 5.32. The number of rotatable bonds is 6. The molecule has 1 aromatic rings. The number of halogens is 1. The summed E-state index contributed by atoms with van der Waals surface area (Å²) in [5.41, 5.74) is 0.685. The van der Waals surface area contributed by atoms with Crippen molar-refractivity contribution < 1.29 is 14.7 Å². The molecule has 2 amide bonds. The molecule has 1 unspecified atom stereocenters. The van der Waals surface area contributed by atoms with Crippen LogP contribution in [-0.4, -0.2) is 23.1 Å². The molecule has 0 spiro atoms. The number of hydrogen-bond donors (Lipinski definition) is 3. The fraction of sp³-hybridized carbons (Fsp3) is 0.357. The minimum Gasteiger partial charge on any atom is -0.480 e. The minimum atomic E-state index is -1.08. The first-order chi connectivity index (χ1) is 9.97. The third-order valence-electron chi connectivity index (χ3n) is 2.80. The van der Waals surface area contributed by atoms with Crippen LogP contribution >= 0.6 is 11.6 Å². The molecule has 0 bridgehead atoms. The van der Waals surface area contributed by atoms with E-state index in [0.717, 1.165) is 6.42 Å². The van der Waals surface area contributed by atoms with Crippen molar-refractivity contribution in [2.24, 2.45) is 0 Å². The Hall–Kier alpha value is -2.26. The summed E-state index contributed by atoms with van der Waals surface area (Å²) in [6.45, 7) is 1.94. The van der Waals surface area contributed by atoms with E-state index in [9.17, 15) is 9.59 Å². The van der Waals surface area contributed by atoms with Gasteiger partial charge in [0.05, 0.1) is 22.3 Å². The SMILES string of the molecule is CCCCC(NC(=O)Nc1ccc(C#N)cc1Cl)C(=O)O. The van der Waals surface area contributed by atoms with E-state index in [1.54, 1.807) is 0 Å². The number of aliphatic carboxylic acids is 1. The van der Waals surface area contributed by atoms with Gasteiger partial charge in [0.1, 0.15) is 6.04 Å². The van der Waals surface area contributed by atoms with E-state index in [1.165, 1.54) is 18.2 Å². The summed E-state index contributed by atoms with van der Waals surface area (Å²) in [6.07, 6.45) is 1.91. The lowest BCUT2D eigenvalue weighted by Gasteiger charge is -2.15. The van der Waals surface area contributed by atoms with E-state index < -0.39 is 18.0 Å². The molecular formula is C14H16ClN3O3. The number of carbonyl (C=O) groups excluding carboxylic acids is 1. The number of nitriles is 1. The summed E-state index contributed by atoms with van der Waals surface area (Å²) >= 11 is 5.93. The second kappa shape index (κ2) is 8.12. The van der Waals surface area contributed by atoms with Crippen LogP contribution in [0, 0.1) is 11.3 Å². The predicted octanol–water partition coefficient (Wildman–Crippen LogP) is 2.98. The van der Waals surface area contributed by atoms with Gasteiger partial charge in [0.2, 0.25) is 0 Å². The van der Waals surface area contributed by atoms with Gasteiger partial charge in [-0.2, -0.15) is 5.26 Å². The second-order valence-electron chi connectivity index (χ2n) is 4.44. The fourth-order valence-corrected chi connectivity index (χ4v) is 1.90. The third-order valence-corrected chi connectivity index (χ3v) is 3.11. The molecule has 0 heterocycles. The Kier molecular flexibility index (Phi) is 6.50. The maximum absolute atomic E-state index is 11.8. The number of benzene rings is 1. The molecule has 1 aromatic carbocycles. The molecular weight excluding hydrogens is 294 g/mol. The summed E-state index contributed by atoms with van der Waals surface area (Å²) in [5.74, 6) is -1.08. The van der Waals surface area contributed by atoms with E-state index in [-0.39, 0.29) is 5.02 Å². The molecule has 3 N–H and O–H groups in total. The molecule has 0 aliphatic carbocycles. The summed E-state index contributed by atoms with van der Waals surface area (Å²) in [6, 6.07) is 4.75. The summed E-state index contributed by atoms with van der Waals surface area (Å²) in [7, 11) is 0. The lowest BCUT2D eigenvalue weighted by atomic mass is 10.1. The molecule has 0 aliphatic heterocycles. The first-order valence-corrected chi connectivity index (χ1v) is 6.85. The summed E-state index contributed by atoms with van der Waals surface area (Å²) in [5, 5.41) is 22.8. The highest BCUT2D eigenvalue weighted by Crippen LogP contribution is 2.22. The quantitative estimate of drug-likeness (QED) is 0.751. The molecule has 21 heavy (non-hydrogen) atoms. The van der Waals surface area contributed by atoms with Crippen molar-refractivity contribution in [1.29, 1.82) is 5.26 Å². The Bertz CT molecular complexity index is 569. The van der Waals surface area contributed by atoms with Gasteiger partial charge >= 0.3 is 12.0 Å². The molecule has 0 saturated carbocycles. The summed E-state index contributed by atoms with van der Waals surface area (Å²) < 4.78 is 0. The Morgan fingerprint density at radius 1 is 1.48 bits per heavy atom. The molecule has 0 aromatic heterocycles. The van der Waals surface area contributed by atoms with Gasteiger partial charge in [-0.3, -0.25) is 0 Å². The molecule has 1 rings (SSSR count). The first kappa shape index (κ1) is 16.8. The Morgan fingerprint density at radius 3 is 2.71 bits per heavy atom. The number of nitrogens with zero attached hydrogens (tertiary/aromatic N) is 1. The predicted molar refractivity (Wildman–Crippen MR) is 79.3 cm³/mol. The average molecular weight is 310 g/mol. The van der Waals surface area contributed by atoms with Crippen molar-refractivity contribution in [3.05, 3.63) is 28.8 Å². The lowest BCUT2D eigenvalue weighted by molar-refractivity contribution is -0.139. The van der Waals surface area contributed by atoms with Crippen LogP contribution in [0.25, 0.3) is 0 Å². The normalized spacial score (nSPS) is 11.3. The monoisotopic (exact) mass is 309 g/mol. The van der Waals surface area contributed by atoms with Crippen LogP contribution < -0.4 is 10.6 Å². The zero-order valence-electron chi connectivity index (χ0n) is 11.5. The van der Waals surface area contributed by atoms with Crippen LogP contribution in [0.4, 0.5) is 10.5 Å². The smallest absolute Gasteiger partial charge is 0.326 e. The van der Waals surface area contributed by atoms with Crippen LogP contribution in [0.2, 0.25) is 5.02 Å². The number of anilines is 1. The van der Waals surface area contributed by atoms with E-state index in [4.69, 9.17) is 22.0 Å². The van der Waals surface area contributed by atoms with Gasteiger partial charge in [0.25, 0.3) is 0 Å². The zero-order valence-corrected chi connectivity index (χ0v) is 12.3. The maximum Gasteiger partial charge on any atom is 0.326 e. The van der Waals surface area contributed by atoms with E-state index in [0.29, 0.717) is 24.1 Å². The molecule has 1 atom stereocenters. The minimum absolute atomic E-state index is 0.213. The van der Waals surface area contributed by atoms with Crippen molar-refractivity contribution in [2.45, 2.75) is 32.2 Å². The summed E-state index contributed by atoms with van der Waals surface area (Å²) in [4.78, 5) is 22.8. The first-order valence-electron chi connectivity index (χ1n) is 6.48. The zero-order chi connectivity index (χ0) is 15.8. The van der Waals surface area contributed by atoms with Crippen LogP contribution in [0.3, 0.4) is 0 Å². The van der Waals surface area contributed by atoms with Gasteiger partial charge < -0.3 is 15.7 Å². The van der Waals surface area contributed by atoms with Gasteiger partial charge in [0.15, 0.2) is 0 Å². The highest BCUT2D eigenvalue weighted by molar-refractivity contribution is 6.33. The molecule has 0 fully saturated rings. The fourth-order valence-electron chi connectivity index (χ4n) is 1.67. The lowest BCUT2D eigenvalue weighted by Crippen LogP contribution is -2.43. The van der Waals surface area contributed by atoms with Crippen molar-refractivity contribution in [3.63, 3.8) is 0 Å². The number of amides is 2. The Morgan fingerprint density at radius 2 is 2.19 bits per heavy atom. The highest BCUT2D eigenvalue weighted by Gasteiger charge is 2.19. The van der Waals surface area contributed by atoms with Crippen LogP contribution in [-0.2, 0) is 4.79 Å². The number of carboxylic acids is 1. The Labute approximate surface area is 127 Å². The molecule has 0 radical (unpaired) electrons.